The third kappa shape index (κ3) is 4.67. The summed E-state index contributed by atoms with van der Waals surface area (Å²) in [6, 6.07) is 4.09. The summed E-state index contributed by atoms with van der Waals surface area (Å²) < 4.78 is 5.18. The highest BCUT2D eigenvalue weighted by Gasteiger charge is 2.36. The fourth-order valence-corrected chi connectivity index (χ4v) is 3.42. The number of amides is 4. The van der Waals surface area contributed by atoms with Gasteiger partial charge in [-0.3, -0.25) is 14.9 Å². The van der Waals surface area contributed by atoms with Gasteiger partial charge in [0.1, 0.15) is 6.04 Å². The lowest BCUT2D eigenvalue weighted by atomic mass is 10.1. The van der Waals surface area contributed by atoms with Crippen LogP contribution in [0.3, 0.4) is 0 Å². The van der Waals surface area contributed by atoms with E-state index < -0.39 is 29.6 Å². The lowest BCUT2D eigenvalue weighted by molar-refractivity contribution is -0.128. The molecule has 0 bridgehead atoms. The van der Waals surface area contributed by atoms with Gasteiger partial charge in [-0.2, -0.15) is 0 Å². The summed E-state index contributed by atoms with van der Waals surface area (Å²) in [5.74, 6) is -1.53. The van der Waals surface area contributed by atoms with E-state index in [0.717, 1.165) is 25.1 Å². The topological polar surface area (TPSA) is 117 Å². The van der Waals surface area contributed by atoms with E-state index >= 15 is 0 Å². The van der Waals surface area contributed by atoms with Crippen molar-refractivity contribution < 1.29 is 23.9 Å². The average Bonchev–Trinajstić information content (AvgIpc) is 3.10. The quantitative estimate of drug-likeness (QED) is 0.664. The summed E-state index contributed by atoms with van der Waals surface area (Å²) in [4.78, 5) is 50.6. The van der Waals surface area contributed by atoms with Crippen molar-refractivity contribution in [1.82, 2.24) is 10.6 Å². The van der Waals surface area contributed by atoms with E-state index in [-0.39, 0.29) is 17.5 Å². The number of anilines is 2. The molecule has 3 N–H and O–H groups in total. The summed E-state index contributed by atoms with van der Waals surface area (Å²) >= 11 is 0. The van der Waals surface area contributed by atoms with Gasteiger partial charge in [0.2, 0.25) is 5.91 Å². The van der Waals surface area contributed by atoms with Gasteiger partial charge < -0.3 is 20.3 Å². The minimum atomic E-state index is -1.16. The Hall–Kier alpha value is -3.10. The molecule has 0 spiro atoms. The molecule has 4 amide bonds. The Morgan fingerprint density at radius 3 is 2.69 bits per heavy atom. The van der Waals surface area contributed by atoms with E-state index in [9.17, 15) is 19.2 Å². The van der Waals surface area contributed by atoms with Gasteiger partial charge in [-0.25, -0.2) is 9.59 Å². The number of benzene rings is 1. The molecule has 9 nitrogen and oxygen atoms in total. The SMILES string of the molecule is C[C@@H](OC(=O)c1ccc2c(c1)NC(=O)[C@@H]1CCCN21)C(=O)NC(=O)NC(C)(C)C. The van der Waals surface area contributed by atoms with Crippen molar-refractivity contribution in [2.24, 2.45) is 0 Å². The third-order valence-electron chi connectivity index (χ3n) is 4.73. The summed E-state index contributed by atoms with van der Waals surface area (Å²) in [5.41, 5.74) is 1.12. The highest BCUT2D eigenvalue weighted by atomic mass is 16.5. The first-order valence-electron chi connectivity index (χ1n) is 9.61. The van der Waals surface area contributed by atoms with Gasteiger partial charge >= 0.3 is 12.0 Å². The standard InChI is InChI=1S/C20H26N4O5/c1-11(16(25)22-19(28)23-20(2,3)4)29-18(27)12-7-8-14-13(10-12)21-17(26)15-6-5-9-24(14)15/h7-8,10-11,15H,5-6,9H2,1-4H3,(H,21,26)(H2,22,23,25,28)/t11-,15+/m1/s1. The molecule has 156 valence electrons. The summed E-state index contributed by atoms with van der Waals surface area (Å²) in [6.07, 6.45) is 0.586. The first-order valence-corrected chi connectivity index (χ1v) is 9.61. The van der Waals surface area contributed by atoms with Crippen LogP contribution in [0.5, 0.6) is 0 Å². The predicted molar refractivity (Wildman–Crippen MR) is 107 cm³/mol. The van der Waals surface area contributed by atoms with Gasteiger partial charge in [0, 0.05) is 12.1 Å². The molecule has 0 unspecified atom stereocenters. The molecule has 2 heterocycles. The molecule has 29 heavy (non-hydrogen) atoms. The molecule has 2 atom stereocenters. The maximum absolute atomic E-state index is 12.4. The van der Waals surface area contributed by atoms with Gasteiger partial charge in [-0.05, 0) is 58.7 Å². The molecule has 1 aromatic carbocycles. The zero-order valence-electron chi connectivity index (χ0n) is 17.0. The van der Waals surface area contributed by atoms with Crippen LogP contribution in [0.15, 0.2) is 18.2 Å². The number of rotatable bonds is 3. The minimum Gasteiger partial charge on any atom is -0.449 e. The largest absolute Gasteiger partial charge is 0.449 e. The lowest BCUT2D eigenvalue weighted by Crippen LogP contribution is -2.50. The van der Waals surface area contributed by atoms with Crippen LogP contribution in [0, 0.1) is 0 Å². The highest BCUT2D eigenvalue weighted by Crippen LogP contribution is 2.37. The highest BCUT2D eigenvalue weighted by molar-refractivity contribution is 6.06. The number of nitrogens with one attached hydrogen (secondary N) is 3. The fraction of sp³-hybridized carbons (Fsp3) is 0.500. The van der Waals surface area contributed by atoms with Crippen molar-refractivity contribution in [1.29, 1.82) is 0 Å². The molecule has 1 saturated heterocycles. The van der Waals surface area contributed by atoms with Crippen molar-refractivity contribution in [3.8, 4) is 0 Å². The van der Waals surface area contributed by atoms with E-state index in [1.54, 1.807) is 39.0 Å². The molecule has 0 saturated carbocycles. The van der Waals surface area contributed by atoms with Crippen LogP contribution in [0.2, 0.25) is 0 Å². The van der Waals surface area contributed by atoms with Gasteiger partial charge in [-0.1, -0.05) is 0 Å². The smallest absolute Gasteiger partial charge is 0.338 e. The number of carbonyl (C=O) groups is 4. The number of nitrogens with zero attached hydrogens (tertiary/aromatic N) is 1. The number of urea groups is 1. The number of carbonyl (C=O) groups excluding carboxylic acids is 4. The van der Waals surface area contributed by atoms with E-state index in [1.807, 2.05) is 4.90 Å². The fourth-order valence-electron chi connectivity index (χ4n) is 3.42. The second-order valence-electron chi connectivity index (χ2n) is 8.31. The van der Waals surface area contributed by atoms with Crippen molar-refractivity contribution in [2.45, 2.75) is 58.2 Å². The number of esters is 1. The Morgan fingerprint density at radius 2 is 2.00 bits per heavy atom. The summed E-state index contributed by atoms with van der Waals surface area (Å²) in [5, 5.41) is 7.56. The van der Waals surface area contributed by atoms with Crippen molar-refractivity contribution in [3.63, 3.8) is 0 Å². The second-order valence-corrected chi connectivity index (χ2v) is 8.31. The van der Waals surface area contributed by atoms with Crippen LogP contribution in [0.1, 0.15) is 50.9 Å². The number of fused-ring (bicyclic) bond motifs is 3. The van der Waals surface area contributed by atoms with Crippen LogP contribution in [0.4, 0.5) is 16.2 Å². The van der Waals surface area contributed by atoms with Crippen LogP contribution >= 0.6 is 0 Å². The third-order valence-corrected chi connectivity index (χ3v) is 4.73. The van der Waals surface area contributed by atoms with Crippen LogP contribution < -0.4 is 20.9 Å². The number of hydrogen-bond donors (Lipinski definition) is 3. The second kappa shape index (κ2) is 7.73. The molecular formula is C20H26N4O5. The van der Waals surface area contributed by atoms with E-state index in [0.29, 0.717) is 5.69 Å². The predicted octanol–water partition coefficient (Wildman–Crippen LogP) is 1.78. The molecule has 3 rings (SSSR count). The first kappa shape index (κ1) is 20.6. The normalized spacial score (nSPS) is 18.8. The molecule has 2 aliphatic heterocycles. The lowest BCUT2D eigenvalue weighted by Gasteiger charge is -2.33. The van der Waals surface area contributed by atoms with Crippen LogP contribution in [-0.2, 0) is 14.3 Å². The van der Waals surface area contributed by atoms with E-state index in [4.69, 9.17) is 4.74 Å². The van der Waals surface area contributed by atoms with Gasteiger partial charge in [0.05, 0.1) is 16.9 Å². The molecule has 2 aliphatic rings. The summed E-state index contributed by atoms with van der Waals surface area (Å²) in [7, 11) is 0. The monoisotopic (exact) mass is 402 g/mol. The minimum absolute atomic E-state index is 0.0851. The van der Waals surface area contributed by atoms with E-state index in [1.165, 1.54) is 6.92 Å². The van der Waals surface area contributed by atoms with E-state index in [2.05, 4.69) is 16.0 Å². The Morgan fingerprint density at radius 1 is 1.28 bits per heavy atom. The van der Waals surface area contributed by atoms with Gasteiger partial charge in [-0.15, -0.1) is 0 Å². The number of imide groups is 1. The Labute approximate surface area is 169 Å². The first-order chi connectivity index (χ1) is 13.5. The zero-order valence-corrected chi connectivity index (χ0v) is 17.0. The molecule has 0 aromatic heterocycles. The Kier molecular flexibility index (Phi) is 5.50. The van der Waals surface area contributed by atoms with Crippen molar-refractivity contribution in [2.75, 3.05) is 16.8 Å². The maximum atomic E-state index is 12.4. The summed E-state index contributed by atoms with van der Waals surface area (Å²) in [6.45, 7) is 7.51. The van der Waals surface area contributed by atoms with Crippen molar-refractivity contribution in [3.05, 3.63) is 23.8 Å². The Bertz CT molecular complexity index is 861. The molecule has 0 aliphatic carbocycles. The van der Waals surface area contributed by atoms with Gasteiger partial charge in [0.15, 0.2) is 6.10 Å². The number of hydrogen-bond acceptors (Lipinski definition) is 6. The Balaban J connectivity index is 1.64. The molecular weight excluding hydrogens is 376 g/mol. The average molecular weight is 402 g/mol. The molecule has 1 fully saturated rings. The van der Waals surface area contributed by atoms with Gasteiger partial charge in [0.25, 0.3) is 5.91 Å². The van der Waals surface area contributed by atoms with Crippen molar-refractivity contribution >= 4 is 35.2 Å². The molecule has 0 radical (unpaired) electrons. The molecule has 9 heteroatoms. The zero-order chi connectivity index (χ0) is 21.3. The van der Waals surface area contributed by atoms with Crippen LogP contribution in [-0.4, -0.2) is 48.0 Å². The van der Waals surface area contributed by atoms with Crippen LogP contribution in [0.25, 0.3) is 0 Å². The molecule has 1 aromatic rings. The number of ether oxygens (including phenoxy) is 1. The maximum Gasteiger partial charge on any atom is 0.338 e.